The van der Waals surface area contributed by atoms with E-state index in [1.165, 1.54) is 0 Å². The lowest BCUT2D eigenvalue weighted by Gasteiger charge is -2.16. The van der Waals surface area contributed by atoms with Gasteiger partial charge in [0, 0.05) is 25.2 Å². The fourth-order valence-electron chi connectivity index (χ4n) is 1.53. The van der Waals surface area contributed by atoms with Crippen molar-refractivity contribution in [2.24, 2.45) is 4.99 Å². The van der Waals surface area contributed by atoms with Gasteiger partial charge in [-0.2, -0.15) is 0 Å². The van der Waals surface area contributed by atoms with Crippen LogP contribution in [0.25, 0.3) is 0 Å². The van der Waals surface area contributed by atoms with Gasteiger partial charge in [-0.1, -0.05) is 11.6 Å². The molecule has 0 aliphatic carbocycles. The Morgan fingerprint density at radius 1 is 1.35 bits per heavy atom. The third-order valence-electron chi connectivity index (χ3n) is 2.43. The largest absolute Gasteiger partial charge is 0.356 e. The van der Waals surface area contributed by atoms with Gasteiger partial charge < -0.3 is 10.6 Å². The zero-order chi connectivity index (χ0) is 12.3. The highest BCUT2D eigenvalue weighted by atomic mass is 35.5. The summed E-state index contributed by atoms with van der Waals surface area (Å²) in [6, 6.07) is 2.07. The molecule has 0 atom stereocenters. The third kappa shape index (κ3) is 3.06. The summed E-state index contributed by atoms with van der Waals surface area (Å²) in [7, 11) is 0. The predicted molar refractivity (Wildman–Crippen MR) is 63.1 cm³/mol. The monoisotopic (exact) mass is 259 g/mol. The van der Waals surface area contributed by atoms with E-state index in [1.54, 1.807) is 0 Å². The molecule has 0 spiro atoms. The van der Waals surface area contributed by atoms with Crippen molar-refractivity contribution in [1.82, 2.24) is 10.6 Å². The normalized spacial score (nSPS) is 15.1. The van der Waals surface area contributed by atoms with Gasteiger partial charge in [-0.25, -0.2) is 8.78 Å². The van der Waals surface area contributed by atoms with Crippen molar-refractivity contribution in [3.05, 3.63) is 34.4 Å². The molecule has 0 radical (unpaired) electrons. The Kier molecular flexibility index (Phi) is 3.78. The number of hydrogen-bond donors (Lipinski definition) is 2. The minimum Gasteiger partial charge on any atom is -0.356 e. The van der Waals surface area contributed by atoms with E-state index in [0.717, 1.165) is 31.6 Å². The molecule has 1 aromatic carbocycles. The number of benzene rings is 1. The number of rotatable bonds is 2. The Morgan fingerprint density at radius 3 is 2.88 bits per heavy atom. The van der Waals surface area contributed by atoms with Gasteiger partial charge in [0.1, 0.15) is 11.6 Å². The van der Waals surface area contributed by atoms with Gasteiger partial charge in [0.25, 0.3) is 0 Å². The van der Waals surface area contributed by atoms with Gasteiger partial charge in [0.2, 0.25) is 0 Å². The smallest absolute Gasteiger partial charge is 0.191 e. The quantitative estimate of drug-likeness (QED) is 0.798. The van der Waals surface area contributed by atoms with E-state index >= 15 is 0 Å². The van der Waals surface area contributed by atoms with Crippen LogP contribution in [0.5, 0.6) is 0 Å². The van der Waals surface area contributed by atoms with Crippen molar-refractivity contribution in [3.63, 3.8) is 0 Å². The summed E-state index contributed by atoms with van der Waals surface area (Å²) in [4.78, 5) is 4.17. The highest BCUT2D eigenvalue weighted by molar-refractivity contribution is 6.30. The van der Waals surface area contributed by atoms with E-state index in [0.29, 0.717) is 5.96 Å². The maximum atomic E-state index is 13.4. The summed E-state index contributed by atoms with van der Waals surface area (Å²) >= 11 is 5.46. The van der Waals surface area contributed by atoms with Crippen molar-refractivity contribution >= 4 is 17.6 Å². The van der Waals surface area contributed by atoms with Gasteiger partial charge in [-0.15, -0.1) is 0 Å². The first-order chi connectivity index (χ1) is 8.16. The molecule has 0 saturated carbocycles. The molecule has 0 aromatic heterocycles. The second-order valence-corrected chi connectivity index (χ2v) is 4.13. The first-order valence-electron chi connectivity index (χ1n) is 5.32. The third-order valence-corrected chi connectivity index (χ3v) is 2.72. The first-order valence-corrected chi connectivity index (χ1v) is 5.70. The number of hydrogen-bond acceptors (Lipinski definition) is 3. The molecule has 0 amide bonds. The van der Waals surface area contributed by atoms with Crippen molar-refractivity contribution in [3.8, 4) is 0 Å². The van der Waals surface area contributed by atoms with Crippen LogP contribution in [0.15, 0.2) is 17.1 Å². The lowest BCUT2D eigenvalue weighted by molar-refractivity contribution is 0.580. The molecule has 6 heteroatoms. The van der Waals surface area contributed by atoms with E-state index in [-0.39, 0.29) is 17.1 Å². The second-order valence-electron chi connectivity index (χ2n) is 3.72. The Bertz CT molecular complexity index is 449. The molecule has 0 fully saturated rings. The van der Waals surface area contributed by atoms with Gasteiger partial charge in [-0.05, 0) is 18.6 Å². The molecule has 17 heavy (non-hydrogen) atoms. The standard InChI is InChI=1S/C11H12ClF2N3/c12-8-5-9(13)7(4-10(8)14)6-17-11-15-2-1-3-16-11/h4-5H,1-3,6H2,(H2,15,16,17). The molecule has 2 rings (SSSR count). The number of halogens is 3. The van der Waals surface area contributed by atoms with Crippen LogP contribution in [0.1, 0.15) is 12.0 Å². The van der Waals surface area contributed by atoms with Crippen LogP contribution in [-0.4, -0.2) is 19.0 Å². The Labute approximate surface area is 103 Å². The van der Waals surface area contributed by atoms with Crippen LogP contribution in [0.2, 0.25) is 5.02 Å². The maximum Gasteiger partial charge on any atom is 0.191 e. The van der Waals surface area contributed by atoms with Crippen molar-refractivity contribution in [2.75, 3.05) is 13.1 Å². The number of nitrogens with zero attached hydrogens (tertiary/aromatic N) is 1. The van der Waals surface area contributed by atoms with E-state index in [9.17, 15) is 8.78 Å². The zero-order valence-corrected chi connectivity index (χ0v) is 9.82. The number of aliphatic imine (C=N–C) groups is 1. The summed E-state index contributed by atoms with van der Waals surface area (Å²) in [5.74, 6) is -0.533. The van der Waals surface area contributed by atoms with Crippen LogP contribution in [0.3, 0.4) is 0 Å². The highest BCUT2D eigenvalue weighted by Gasteiger charge is 2.09. The minimum absolute atomic E-state index is 0.172. The van der Waals surface area contributed by atoms with Crippen molar-refractivity contribution in [2.45, 2.75) is 13.0 Å². The molecule has 0 bridgehead atoms. The topological polar surface area (TPSA) is 36.4 Å². The van der Waals surface area contributed by atoms with Crippen LogP contribution in [0.4, 0.5) is 8.78 Å². The molecule has 1 heterocycles. The average molecular weight is 260 g/mol. The SMILES string of the molecule is Fc1cc(CNC2=NCCCN2)c(F)cc1Cl. The molecule has 92 valence electrons. The molecule has 1 aromatic rings. The fourth-order valence-corrected chi connectivity index (χ4v) is 1.68. The molecule has 1 aliphatic rings. The molecule has 3 nitrogen and oxygen atoms in total. The van der Waals surface area contributed by atoms with Gasteiger partial charge >= 0.3 is 0 Å². The molecular formula is C11H12ClF2N3. The van der Waals surface area contributed by atoms with Crippen LogP contribution < -0.4 is 10.6 Å². The van der Waals surface area contributed by atoms with Crippen LogP contribution in [-0.2, 0) is 6.54 Å². The number of nitrogens with one attached hydrogen (secondary N) is 2. The summed E-state index contributed by atoms with van der Waals surface area (Å²) in [5, 5.41) is 5.74. The lowest BCUT2D eigenvalue weighted by atomic mass is 10.2. The van der Waals surface area contributed by atoms with Gasteiger partial charge in [0.15, 0.2) is 5.96 Å². The Balaban J connectivity index is 2.03. The molecule has 1 aliphatic heterocycles. The summed E-state index contributed by atoms with van der Waals surface area (Å²) in [6.45, 7) is 1.75. The molecule has 0 unspecified atom stereocenters. The summed E-state index contributed by atoms with van der Waals surface area (Å²) < 4.78 is 26.6. The second kappa shape index (κ2) is 5.31. The molecule has 0 saturated heterocycles. The van der Waals surface area contributed by atoms with E-state index in [1.807, 2.05) is 0 Å². The molecular weight excluding hydrogens is 248 g/mol. The van der Waals surface area contributed by atoms with Crippen molar-refractivity contribution in [1.29, 1.82) is 0 Å². The van der Waals surface area contributed by atoms with E-state index < -0.39 is 11.6 Å². The average Bonchev–Trinajstić information content (AvgIpc) is 2.33. The lowest BCUT2D eigenvalue weighted by Crippen LogP contribution is -2.40. The van der Waals surface area contributed by atoms with Gasteiger partial charge in [0.05, 0.1) is 5.02 Å². The van der Waals surface area contributed by atoms with E-state index in [2.05, 4.69) is 15.6 Å². The van der Waals surface area contributed by atoms with E-state index in [4.69, 9.17) is 11.6 Å². The first kappa shape index (κ1) is 12.1. The maximum absolute atomic E-state index is 13.4. The molecule has 2 N–H and O–H groups in total. The van der Waals surface area contributed by atoms with Crippen LogP contribution >= 0.6 is 11.6 Å². The summed E-state index contributed by atoms with van der Waals surface area (Å²) in [5.41, 5.74) is 0.224. The minimum atomic E-state index is -0.622. The zero-order valence-electron chi connectivity index (χ0n) is 9.06. The Hall–Kier alpha value is -1.36. The summed E-state index contributed by atoms with van der Waals surface area (Å²) in [6.07, 6.45) is 0.981. The predicted octanol–water partition coefficient (Wildman–Crippen LogP) is 2.06. The Morgan fingerprint density at radius 2 is 2.18 bits per heavy atom. The fraction of sp³-hybridized carbons (Fsp3) is 0.364. The van der Waals surface area contributed by atoms with Crippen molar-refractivity contribution < 1.29 is 8.78 Å². The number of guanidine groups is 1. The van der Waals surface area contributed by atoms with Gasteiger partial charge in [-0.3, -0.25) is 4.99 Å². The highest BCUT2D eigenvalue weighted by Crippen LogP contribution is 2.19. The van der Waals surface area contributed by atoms with Crippen LogP contribution in [0, 0.1) is 11.6 Å².